The number of unbranched alkanes of at least 4 members (excludes halogenated alkanes) is 1. The van der Waals surface area contributed by atoms with E-state index >= 15 is 0 Å². The summed E-state index contributed by atoms with van der Waals surface area (Å²) >= 11 is 6.05. The van der Waals surface area contributed by atoms with Gasteiger partial charge in [-0.15, -0.1) is 0 Å². The van der Waals surface area contributed by atoms with Gasteiger partial charge in [0.05, 0.1) is 6.04 Å². The number of ketones is 1. The normalized spacial score (nSPS) is 17.3. The fourth-order valence-corrected chi connectivity index (χ4v) is 7.16. The van der Waals surface area contributed by atoms with Gasteiger partial charge in [-0.2, -0.15) is 0 Å². The Morgan fingerprint density at radius 3 is 2.19 bits per heavy atom. The molecule has 4 bridgehead atoms. The van der Waals surface area contributed by atoms with Crippen LogP contribution in [0.15, 0.2) is 84.9 Å². The monoisotopic (exact) mass is 867 g/mol. The molecule has 0 unspecified atom stereocenters. The maximum atomic E-state index is 14.6. The van der Waals surface area contributed by atoms with Crippen molar-refractivity contribution >= 4 is 46.9 Å². The van der Waals surface area contributed by atoms with Crippen molar-refractivity contribution in [1.82, 2.24) is 26.2 Å². The molecule has 4 aromatic carbocycles. The van der Waals surface area contributed by atoms with Crippen LogP contribution in [0.2, 0.25) is 5.02 Å². The summed E-state index contributed by atoms with van der Waals surface area (Å²) in [4.78, 5) is 83.4. The number of nitrogens with zero attached hydrogens (tertiary/aromatic N) is 1. The molecule has 1 aliphatic heterocycles. The number of likely N-dealkylation sites (N-methyl/N-ethyl adjacent to an activating group) is 1. The van der Waals surface area contributed by atoms with Gasteiger partial charge in [-0.05, 0) is 117 Å². The minimum atomic E-state index is -1.40. The molecule has 0 radical (unpaired) electrons. The van der Waals surface area contributed by atoms with E-state index in [0.29, 0.717) is 46.8 Å². The van der Waals surface area contributed by atoms with E-state index in [1.807, 2.05) is 12.1 Å². The van der Waals surface area contributed by atoms with E-state index in [1.165, 1.54) is 44.9 Å². The number of ether oxygens (including phenoxy) is 1. The molecule has 5 amide bonds. The fraction of sp³-hybridized carbons (Fsp3) is 0.348. The van der Waals surface area contributed by atoms with Crippen LogP contribution >= 0.6 is 11.6 Å². The second-order valence-corrected chi connectivity index (χ2v) is 15.8. The van der Waals surface area contributed by atoms with Crippen molar-refractivity contribution in [1.29, 1.82) is 0 Å². The molecule has 9 N–H and O–H groups in total. The lowest BCUT2D eigenvalue weighted by molar-refractivity contribution is -0.141. The standard InChI is InChI=1S/C46H54ClN7O8/c1-26(28(3)55)50-44(59)38-24-29-8-19-40(62-22-21-49)36(23-29)35-25-33(15-18-39(35)56)41(45(60)51-27(2)42(57)53-38)54(4)46(61)37(7-5-6-20-48)52-43(58)32-11-9-30(10-12-32)31-13-16-34(47)17-14-31/h8-19,23,25-27,37-38,41,56H,5-7,20-22,24,48-49H2,1-4H3,(H,50,59)(H,51,60)(H,52,58)(H,53,57)/t26-,27-,37-,38-,41-/m0/s1. The van der Waals surface area contributed by atoms with Crippen molar-refractivity contribution in [3.05, 3.63) is 107 Å². The van der Waals surface area contributed by atoms with E-state index in [4.69, 9.17) is 27.8 Å². The number of aromatic hydroxyl groups is 1. The van der Waals surface area contributed by atoms with Crippen LogP contribution in [-0.4, -0.2) is 96.2 Å². The largest absolute Gasteiger partial charge is 0.507 e. The van der Waals surface area contributed by atoms with Gasteiger partial charge in [-0.25, -0.2) is 0 Å². The maximum Gasteiger partial charge on any atom is 0.251 e. The van der Waals surface area contributed by atoms with Gasteiger partial charge in [0.15, 0.2) is 5.78 Å². The zero-order chi connectivity index (χ0) is 45.1. The Kier molecular flexibility index (Phi) is 16.2. The number of hydrogen-bond acceptors (Lipinski definition) is 10. The lowest BCUT2D eigenvalue weighted by atomic mass is 9.93. The maximum absolute atomic E-state index is 14.6. The number of nitrogens with one attached hydrogen (secondary N) is 4. The number of halogens is 1. The number of phenols is 1. The number of rotatable bonds is 15. The molecule has 1 heterocycles. The second kappa shape index (κ2) is 21.5. The van der Waals surface area contributed by atoms with Gasteiger partial charge in [0.25, 0.3) is 5.91 Å². The van der Waals surface area contributed by atoms with Gasteiger partial charge in [-0.3, -0.25) is 28.8 Å². The second-order valence-electron chi connectivity index (χ2n) is 15.3. The van der Waals surface area contributed by atoms with Crippen LogP contribution in [0.25, 0.3) is 22.3 Å². The van der Waals surface area contributed by atoms with Crippen LogP contribution in [0.3, 0.4) is 0 Å². The zero-order valence-electron chi connectivity index (χ0n) is 35.2. The molecular weight excluding hydrogens is 814 g/mol. The first-order valence-electron chi connectivity index (χ1n) is 20.5. The number of hydrogen-bond donors (Lipinski definition) is 7. The fourth-order valence-electron chi connectivity index (χ4n) is 7.04. The molecule has 5 rings (SSSR count). The number of carbonyl (C=O) groups excluding carboxylic acids is 6. The van der Waals surface area contributed by atoms with Crippen molar-refractivity contribution in [2.24, 2.45) is 11.5 Å². The summed E-state index contributed by atoms with van der Waals surface area (Å²) in [5.74, 6) is -3.36. The number of Topliss-reactive ketones (excluding diaryl/α,β-unsaturated/α-hetero) is 1. The molecule has 0 aromatic heterocycles. The van der Waals surface area contributed by atoms with E-state index < -0.39 is 59.7 Å². The molecule has 5 atom stereocenters. The molecule has 0 aliphatic carbocycles. The van der Waals surface area contributed by atoms with Crippen molar-refractivity contribution in [3.8, 4) is 33.8 Å². The van der Waals surface area contributed by atoms with Crippen molar-refractivity contribution in [3.63, 3.8) is 0 Å². The van der Waals surface area contributed by atoms with Gasteiger partial charge in [0.1, 0.15) is 42.3 Å². The number of phenolic OH excluding ortho intramolecular Hbond substituents is 1. The minimum Gasteiger partial charge on any atom is -0.507 e. The lowest BCUT2D eigenvalue weighted by Gasteiger charge is -2.32. The molecule has 15 nitrogen and oxygen atoms in total. The van der Waals surface area contributed by atoms with Crippen LogP contribution in [0, 0.1) is 0 Å². The van der Waals surface area contributed by atoms with Crippen LogP contribution in [0.4, 0.5) is 0 Å². The highest BCUT2D eigenvalue weighted by molar-refractivity contribution is 6.30. The highest BCUT2D eigenvalue weighted by Gasteiger charge is 2.36. The van der Waals surface area contributed by atoms with Gasteiger partial charge < -0.3 is 47.5 Å². The van der Waals surface area contributed by atoms with E-state index in [2.05, 4.69) is 21.3 Å². The molecule has 328 valence electrons. The smallest absolute Gasteiger partial charge is 0.251 e. The number of nitrogens with two attached hydrogens (primary N) is 2. The van der Waals surface area contributed by atoms with Crippen molar-refractivity contribution < 1.29 is 38.6 Å². The summed E-state index contributed by atoms with van der Waals surface area (Å²) in [7, 11) is 1.42. The summed E-state index contributed by atoms with van der Waals surface area (Å²) in [6, 6.07) is 17.9. The first kappa shape index (κ1) is 46.8. The van der Waals surface area contributed by atoms with Crippen LogP contribution in [-0.2, 0) is 30.4 Å². The third-order valence-corrected chi connectivity index (χ3v) is 10.9. The molecule has 0 saturated heterocycles. The molecule has 0 saturated carbocycles. The number of amides is 5. The number of benzene rings is 4. The first-order valence-corrected chi connectivity index (χ1v) is 20.8. The van der Waals surface area contributed by atoms with Gasteiger partial charge in [-0.1, -0.05) is 48.0 Å². The summed E-state index contributed by atoms with van der Waals surface area (Å²) in [5.41, 5.74) is 15.1. The summed E-state index contributed by atoms with van der Waals surface area (Å²) in [6.07, 6.45) is 1.22. The molecule has 0 spiro atoms. The zero-order valence-corrected chi connectivity index (χ0v) is 36.0. The topological polar surface area (TPSA) is 235 Å². The first-order chi connectivity index (χ1) is 29.6. The van der Waals surface area contributed by atoms with Crippen molar-refractivity contribution in [2.45, 2.75) is 76.7 Å². The SMILES string of the molecule is CC(=O)[C@H](C)NC(=O)[C@@H]1Cc2ccc(OCCN)c(c2)-c2cc(ccc2O)[C@H](N(C)C(=O)[C@H](CCCCN)NC(=O)c2ccc(-c3ccc(Cl)cc3)cc2)C(=O)N[C@@H](C)C(=O)N1. The molecule has 1 aliphatic rings. The number of carbonyl (C=O) groups is 6. The van der Waals surface area contributed by atoms with Gasteiger partial charge in [0.2, 0.25) is 23.6 Å². The molecular formula is C46H54ClN7O8. The van der Waals surface area contributed by atoms with Gasteiger partial charge >= 0.3 is 0 Å². The summed E-state index contributed by atoms with van der Waals surface area (Å²) in [5, 5.41) is 22.8. The molecule has 4 aromatic rings. The lowest BCUT2D eigenvalue weighted by Crippen LogP contribution is -2.56. The minimum absolute atomic E-state index is 0.0306. The average molecular weight is 868 g/mol. The predicted octanol–water partition coefficient (Wildman–Crippen LogP) is 3.78. The Hall–Kier alpha value is -6.29. The Morgan fingerprint density at radius 1 is 0.871 bits per heavy atom. The highest BCUT2D eigenvalue weighted by atomic mass is 35.5. The number of fused-ring (bicyclic) bond motifs is 5. The summed E-state index contributed by atoms with van der Waals surface area (Å²) < 4.78 is 5.97. The van der Waals surface area contributed by atoms with Crippen LogP contribution in [0.5, 0.6) is 11.5 Å². The Labute approximate surface area is 365 Å². The highest BCUT2D eigenvalue weighted by Crippen LogP contribution is 2.39. The van der Waals surface area contributed by atoms with E-state index in [9.17, 15) is 33.9 Å². The Morgan fingerprint density at radius 2 is 1.55 bits per heavy atom. The van der Waals surface area contributed by atoms with Crippen LogP contribution < -0.4 is 37.5 Å². The molecule has 0 fully saturated rings. The molecule has 16 heteroatoms. The predicted molar refractivity (Wildman–Crippen MR) is 236 cm³/mol. The molecule has 62 heavy (non-hydrogen) atoms. The average Bonchev–Trinajstić information content (AvgIpc) is 3.25. The Balaban J connectivity index is 1.54. The van der Waals surface area contributed by atoms with E-state index in [-0.39, 0.29) is 48.7 Å². The Bertz CT molecular complexity index is 2270. The third kappa shape index (κ3) is 11.7. The quantitative estimate of drug-likeness (QED) is 0.0855. The van der Waals surface area contributed by atoms with Crippen molar-refractivity contribution in [2.75, 3.05) is 26.7 Å². The van der Waals surface area contributed by atoms with E-state index in [1.54, 1.807) is 60.7 Å². The third-order valence-electron chi connectivity index (χ3n) is 10.7. The van der Waals surface area contributed by atoms with E-state index in [0.717, 1.165) is 11.1 Å². The summed E-state index contributed by atoms with van der Waals surface area (Å²) in [6.45, 7) is 4.95. The van der Waals surface area contributed by atoms with Crippen LogP contribution in [0.1, 0.15) is 67.6 Å². The van der Waals surface area contributed by atoms with Gasteiger partial charge in [0, 0.05) is 41.7 Å².